The van der Waals surface area contributed by atoms with Gasteiger partial charge in [-0.3, -0.25) is 0 Å². The standard InChI is InChI=1S/C13H21N3O3/c17-11(13(18)19)7-8-16-9-14-15-12(16)6-5-10-3-1-2-4-10/h9-11,17H,1-8H2,(H,18,19). The lowest BCUT2D eigenvalue weighted by Crippen LogP contribution is -2.21. The van der Waals surface area contributed by atoms with E-state index in [1.807, 2.05) is 4.57 Å². The van der Waals surface area contributed by atoms with Crippen LogP contribution in [0, 0.1) is 5.92 Å². The van der Waals surface area contributed by atoms with Crippen LogP contribution in [0.4, 0.5) is 0 Å². The minimum absolute atomic E-state index is 0.184. The van der Waals surface area contributed by atoms with Crippen LogP contribution in [0.1, 0.15) is 44.3 Å². The first kappa shape index (κ1) is 14.0. The Morgan fingerprint density at radius 2 is 2.21 bits per heavy atom. The molecule has 2 rings (SSSR count). The number of aliphatic hydroxyl groups excluding tert-OH is 1. The van der Waals surface area contributed by atoms with E-state index in [2.05, 4.69) is 10.2 Å². The molecule has 0 aliphatic heterocycles. The molecule has 1 aliphatic carbocycles. The third-order valence-corrected chi connectivity index (χ3v) is 3.88. The molecule has 0 bridgehead atoms. The third kappa shape index (κ3) is 4.02. The van der Waals surface area contributed by atoms with Crippen molar-refractivity contribution >= 4 is 5.97 Å². The third-order valence-electron chi connectivity index (χ3n) is 3.88. The smallest absolute Gasteiger partial charge is 0.332 e. The van der Waals surface area contributed by atoms with Gasteiger partial charge < -0.3 is 14.8 Å². The highest BCUT2D eigenvalue weighted by Crippen LogP contribution is 2.28. The molecule has 1 saturated carbocycles. The Kier molecular flexibility index (Phi) is 4.90. The van der Waals surface area contributed by atoms with Crippen LogP contribution >= 0.6 is 0 Å². The first-order valence-corrected chi connectivity index (χ1v) is 6.94. The molecule has 6 heteroatoms. The lowest BCUT2D eigenvalue weighted by Gasteiger charge is -2.10. The molecule has 106 valence electrons. The molecule has 0 spiro atoms. The van der Waals surface area contributed by atoms with Crippen molar-refractivity contribution in [3.63, 3.8) is 0 Å². The number of hydrogen-bond acceptors (Lipinski definition) is 4. The van der Waals surface area contributed by atoms with Crippen molar-refractivity contribution in [2.45, 2.75) is 57.6 Å². The summed E-state index contributed by atoms with van der Waals surface area (Å²) in [6, 6.07) is 0. The van der Waals surface area contributed by atoms with Crippen LogP contribution in [-0.4, -0.2) is 37.1 Å². The number of carbonyl (C=O) groups is 1. The number of carboxylic acid groups (broad SMARTS) is 1. The highest BCUT2D eigenvalue weighted by Gasteiger charge is 2.17. The van der Waals surface area contributed by atoms with Gasteiger partial charge in [-0.25, -0.2) is 4.79 Å². The summed E-state index contributed by atoms with van der Waals surface area (Å²) in [6.07, 6.45) is 7.78. The van der Waals surface area contributed by atoms with Gasteiger partial charge in [-0.2, -0.15) is 0 Å². The number of carboxylic acids is 1. The maximum absolute atomic E-state index is 10.6. The van der Waals surface area contributed by atoms with Crippen molar-refractivity contribution in [3.8, 4) is 0 Å². The highest BCUT2D eigenvalue weighted by molar-refractivity contribution is 5.71. The first-order valence-electron chi connectivity index (χ1n) is 6.94. The van der Waals surface area contributed by atoms with Crippen LogP contribution < -0.4 is 0 Å². The lowest BCUT2D eigenvalue weighted by atomic mass is 10.0. The Morgan fingerprint density at radius 3 is 2.89 bits per heavy atom. The molecule has 0 radical (unpaired) electrons. The van der Waals surface area contributed by atoms with Gasteiger partial charge in [0.15, 0.2) is 6.10 Å². The number of nitrogens with zero attached hydrogens (tertiary/aromatic N) is 3. The van der Waals surface area contributed by atoms with Crippen molar-refractivity contribution < 1.29 is 15.0 Å². The Morgan fingerprint density at radius 1 is 1.47 bits per heavy atom. The summed E-state index contributed by atoms with van der Waals surface area (Å²) < 4.78 is 1.85. The van der Waals surface area contributed by atoms with Gasteiger partial charge in [0.1, 0.15) is 12.2 Å². The number of rotatable bonds is 7. The predicted octanol–water partition coefficient (Wildman–Crippen LogP) is 1.24. The average molecular weight is 267 g/mol. The maximum Gasteiger partial charge on any atom is 0.332 e. The Balaban J connectivity index is 1.81. The van der Waals surface area contributed by atoms with Crippen LogP contribution in [0.5, 0.6) is 0 Å². The van der Waals surface area contributed by atoms with Gasteiger partial charge in [-0.1, -0.05) is 25.7 Å². The summed E-state index contributed by atoms with van der Waals surface area (Å²) in [5.74, 6) is 0.514. The van der Waals surface area contributed by atoms with E-state index < -0.39 is 12.1 Å². The second-order valence-electron chi connectivity index (χ2n) is 5.27. The van der Waals surface area contributed by atoms with E-state index in [0.29, 0.717) is 6.54 Å². The molecule has 0 saturated heterocycles. The SMILES string of the molecule is O=C(O)C(O)CCn1cnnc1CCC1CCCC1. The van der Waals surface area contributed by atoms with Gasteiger partial charge >= 0.3 is 5.97 Å². The van der Waals surface area contributed by atoms with E-state index in [0.717, 1.165) is 24.6 Å². The van der Waals surface area contributed by atoms with Crippen molar-refractivity contribution in [1.82, 2.24) is 14.8 Å². The summed E-state index contributed by atoms with van der Waals surface area (Å²) in [6.45, 7) is 0.445. The van der Waals surface area contributed by atoms with E-state index in [-0.39, 0.29) is 6.42 Å². The molecular formula is C13H21N3O3. The van der Waals surface area contributed by atoms with Crippen LogP contribution in [0.25, 0.3) is 0 Å². The first-order chi connectivity index (χ1) is 9.16. The van der Waals surface area contributed by atoms with Crippen LogP contribution in [0.2, 0.25) is 0 Å². The summed E-state index contributed by atoms with van der Waals surface area (Å²) >= 11 is 0. The van der Waals surface area contributed by atoms with Crippen LogP contribution in [-0.2, 0) is 17.8 Å². The number of aromatic nitrogens is 3. The number of hydrogen-bond donors (Lipinski definition) is 2. The molecule has 1 aromatic rings. The Bertz CT molecular complexity index is 413. The van der Waals surface area contributed by atoms with Crippen LogP contribution in [0.3, 0.4) is 0 Å². The largest absolute Gasteiger partial charge is 0.479 e. The van der Waals surface area contributed by atoms with Crippen molar-refractivity contribution in [2.75, 3.05) is 0 Å². The van der Waals surface area contributed by atoms with E-state index in [4.69, 9.17) is 5.11 Å². The van der Waals surface area contributed by atoms with E-state index >= 15 is 0 Å². The Hall–Kier alpha value is -1.43. The molecule has 2 N–H and O–H groups in total. The topological polar surface area (TPSA) is 88.2 Å². The minimum atomic E-state index is -1.31. The molecule has 0 aromatic carbocycles. The van der Waals surface area contributed by atoms with Gasteiger partial charge in [-0.15, -0.1) is 10.2 Å². The van der Waals surface area contributed by atoms with Gasteiger partial charge in [0, 0.05) is 19.4 Å². The Labute approximate surface area is 112 Å². The molecule has 1 atom stereocenters. The van der Waals surface area contributed by atoms with Crippen molar-refractivity contribution in [2.24, 2.45) is 5.92 Å². The monoisotopic (exact) mass is 267 g/mol. The summed E-state index contributed by atoms with van der Waals surface area (Å²) in [7, 11) is 0. The minimum Gasteiger partial charge on any atom is -0.479 e. The fourth-order valence-corrected chi connectivity index (χ4v) is 2.68. The van der Waals surface area contributed by atoms with Gasteiger partial charge in [0.05, 0.1) is 0 Å². The lowest BCUT2D eigenvalue weighted by molar-refractivity contribution is -0.147. The summed E-state index contributed by atoms with van der Waals surface area (Å²) in [5.41, 5.74) is 0. The molecule has 19 heavy (non-hydrogen) atoms. The van der Waals surface area contributed by atoms with E-state index in [9.17, 15) is 9.90 Å². The quantitative estimate of drug-likeness (QED) is 0.776. The zero-order valence-electron chi connectivity index (χ0n) is 11.0. The highest BCUT2D eigenvalue weighted by atomic mass is 16.4. The van der Waals surface area contributed by atoms with E-state index in [1.54, 1.807) is 6.33 Å². The number of aryl methyl sites for hydroxylation is 2. The van der Waals surface area contributed by atoms with Gasteiger partial charge in [-0.05, 0) is 12.3 Å². The fourth-order valence-electron chi connectivity index (χ4n) is 2.68. The maximum atomic E-state index is 10.6. The summed E-state index contributed by atoms with van der Waals surface area (Å²) in [4.78, 5) is 10.6. The molecular weight excluding hydrogens is 246 g/mol. The fraction of sp³-hybridized carbons (Fsp3) is 0.769. The normalized spacial score (nSPS) is 17.7. The second kappa shape index (κ2) is 6.65. The molecule has 1 aliphatic rings. The molecule has 0 amide bonds. The van der Waals surface area contributed by atoms with E-state index in [1.165, 1.54) is 25.7 Å². The molecule has 1 unspecified atom stereocenters. The average Bonchev–Trinajstić information content (AvgIpc) is 3.04. The van der Waals surface area contributed by atoms with Crippen molar-refractivity contribution in [1.29, 1.82) is 0 Å². The van der Waals surface area contributed by atoms with Gasteiger partial charge in [0.25, 0.3) is 0 Å². The zero-order valence-corrected chi connectivity index (χ0v) is 11.0. The molecule has 1 fully saturated rings. The molecule has 1 heterocycles. The predicted molar refractivity (Wildman–Crippen MR) is 68.6 cm³/mol. The van der Waals surface area contributed by atoms with Gasteiger partial charge in [0.2, 0.25) is 0 Å². The van der Waals surface area contributed by atoms with Crippen LogP contribution in [0.15, 0.2) is 6.33 Å². The molecule has 1 aromatic heterocycles. The number of aliphatic hydroxyl groups is 1. The second-order valence-corrected chi connectivity index (χ2v) is 5.27. The van der Waals surface area contributed by atoms with Crippen molar-refractivity contribution in [3.05, 3.63) is 12.2 Å². The molecule has 6 nitrogen and oxygen atoms in total. The zero-order chi connectivity index (χ0) is 13.7. The summed E-state index contributed by atoms with van der Waals surface area (Å²) in [5, 5.41) is 25.9. The number of aliphatic carboxylic acids is 1.